The summed E-state index contributed by atoms with van der Waals surface area (Å²) in [5.74, 6) is 1.14. The minimum Gasteiger partial charge on any atom is -0.419 e. The molecule has 2 aromatic rings. The van der Waals surface area contributed by atoms with Gasteiger partial charge in [0.25, 0.3) is 0 Å². The van der Waals surface area contributed by atoms with Crippen LogP contribution in [0.5, 0.6) is 0 Å². The summed E-state index contributed by atoms with van der Waals surface area (Å²) in [7, 11) is 0. The molecule has 0 aliphatic rings. The molecule has 0 N–H and O–H groups in total. The van der Waals surface area contributed by atoms with Crippen molar-refractivity contribution in [3.63, 3.8) is 0 Å². The fraction of sp³-hybridized carbons (Fsp3) is 0.111. The quantitative estimate of drug-likeness (QED) is 0.789. The normalized spacial score (nSPS) is 10.4. The molecule has 0 unspecified atom stereocenters. The van der Waals surface area contributed by atoms with Crippen molar-refractivity contribution in [1.82, 2.24) is 10.2 Å². The van der Waals surface area contributed by atoms with Gasteiger partial charge >= 0.3 is 0 Å². The summed E-state index contributed by atoms with van der Waals surface area (Å²) in [5, 5.41) is 7.67. The third-order valence-electron chi connectivity index (χ3n) is 1.69. The van der Waals surface area contributed by atoms with Gasteiger partial charge in [0.1, 0.15) is 5.88 Å². The van der Waals surface area contributed by atoms with Crippen LogP contribution in [-0.2, 0) is 5.88 Å². The van der Waals surface area contributed by atoms with Crippen LogP contribution in [0, 0.1) is 0 Å². The molecular formula is C9H6BrClN2O. The van der Waals surface area contributed by atoms with Crippen LogP contribution in [0.15, 0.2) is 33.2 Å². The Kier molecular flexibility index (Phi) is 2.84. The highest BCUT2D eigenvalue weighted by molar-refractivity contribution is 9.10. The molecule has 5 heteroatoms. The van der Waals surface area contributed by atoms with Crippen molar-refractivity contribution >= 4 is 27.5 Å². The minimum atomic E-state index is 0.234. The largest absolute Gasteiger partial charge is 0.419 e. The molecule has 1 aromatic carbocycles. The minimum absolute atomic E-state index is 0.234. The van der Waals surface area contributed by atoms with Gasteiger partial charge in [-0.3, -0.25) is 0 Å². The lowest BCUT2D eigenvalue weighted by Crippen LogP contribution is -1.78. The lowest BCUT2D eigenvalue weighted by atomic mass is 10.2. The Bertz CT molecular complexity index is 444. The third kappa shape index (κ3) is 1.81. The zero-order valence-electron chi connectivity index (χ0n) is 7.08. The van der Waals surface area contributed by atoms with E-state index in [0.717, 1.165) is 10.0 Å². The van der Waals surface area contributed by atoms with Crippen molar-refractivity contribution in [2.24, 2.45) is 0 Å². The molecule has 0 aliphatic carbocycles. The fourth-order valence-corrected chi connectivity index (χ4v) is 1.61. The van der Waals surface area contributed by atoms with Crippen molar-refractivity contribution in [1.29, 1.82) is 0 Å². The Hall–Kier alpha value is -0.870. The second-order valence-corrected chi connectivity index (χ2v) is 3.74. The highest BCUT2D eigenvalue weighted by Gasteiger charge is 2.09. The molecule has 3 nitrogen and oxygen atoms in total. The molecule has 0 amide bonds. The number of nitrogens with zero attached hydrogens (tertiary/aromatic N) is 2. The molecule has 0 spiro atoms. The smallest absolute Gasteiger partial charge is 0.248 e. The first-order valence-corrected chi connectivity index (χ1v) is 5.27. The number of aromatic nitrogens is 2. The second-order valence-electron chi connectivity index (χ2n) is 2.61. The van der Waals surface area contributed by atoms with Gasteiger partial charge in [0.15, 0.2) is 0 Å². The van der Waals surface area contributed by atoms with E-state index in [1.54, 1.807) is 0 Å². The molecule has 0 saturated heterocycles. The molecule has 0 fully saturated rings. The average molecular weight is 274 g/mol. The van der Waals surface area contributed by atoms with Crippen LogP contribution in [0.4, 0.5) is 0 Å². The Morgan fingerprint density at radius 2 is 2.07 bits per heavy atom. The standard InChI is InChI=1S/C9H6BrClN2O/c10-7-4-2-1-3-6(7)9-13-12-8(5-11)14-9/h1-4H,5H2. The van der Waals surface area contributed by atoms with E-state index in [2.05, 4.69) is 26.1 Å². The summed E-state index contributed by atoms with van der Waals surface area (Å²) in [6, 6.07) is 7.65. The van der Waals surface area contributed by atoms with E-state index >= 15 is 0 Å². The summed E-state index contributed by atoms with van der Waals surface area (Å²) in [6.07, 6.45) is 0. The van der Waals surface area contributed by atoms with Gasteiger partial charge in [-0.1, -0.05) is 12.1 Å². The second kappa shape index (κ2) is 4.11. The zero-order chi connectivity index (χ0) is 9.97. The predicted octanol–water partition coefficient (Wildman–Crippen LogP) is 3.24. The van der Waals surface area contributed by atoms with Gasteiger partial charge in [0.05, 0.1) is 5.56 Å². The van der Waals surface area contributed by atoms with Crippen molar-refractivity contribution in [2.75, 3.05) is 0 Å². The maximum atomic E-state index is 5.56. The monoisotopic (exact) mass is 272 g/mol. The molecule has 14 heavy (non-hydrogen) atoms. The molecule has 0 saturated carbocycles. The number of alkyl halides is 1. The van der Waals surface area contributed by atoms with Gasteiger partial charge in [-0.15, -0.1) is 21.8 Å². The van der Waals surface area contributed by atoms with E-state index < -0.39 is 0 Å². The fourth-order valence-electron chi connectivity index (χ4n) is 1.05. The number of rotatable bonds is 2. The van der Waals surface area contributed by atoms with Crippen LogP contribution < -0.4 is 0 Å². The predicted molar refractivity (Wildman–Crippen MR) is 57.0 cm³/mol. The van der Waals surface area contributed by atoms with Crippen LogP contribution >= 0.6 is 27.5 Å². The van der Waals surface area contributed by atoms with E-state index in [9.17, 15) is 0 Å². The average Bonchev–Trinajstić information content (AvgIpc) is 2.67. The highest BCUT2D eigenvalue weighted by Crippen LogP contribution is 2.26. The zero-order valence-corrected chi connectivity index (χ0v) is 9.42. The van der Waals surface area contributed by atoms with Crippen LogP contribution in [0.1, 0.15) is 5.89 Å². The molecule has 0 aliphatic heterocycles. The number of benzene rings is 1. The summed E-state index contributed by atoms with van der Waals surface area (Å²) in [6.45, 7) is 0. The van der Waals surface area contributed by atoms with E-state index in [0.29, 0.717) is 11.8 Å². The molecule has 0 atom stereocenters. The van der Waals surface area contributed by atoms with Crippen LogP contribution in [0.25, 0.3) is 11.5 Å². The number of hydrogen-bond donors (Lipinski definition) is 0. The van der Waals surface area contributed by atoms with Gasteiger partial charge in [-0.2, -0.15) is 0 Å². The Labute approximate surface area is 94.2 Å². The molecule has 1 heterocycles. The van der Waals surface area contributed by atoms with Gasteiger partial charge < -0.3 is 4.42 Å². The Balaban J connectivity index is 2.44. The van der Waals surface area contributed by atoms with E-state index in [4.69, 9.17) is 16.0 Å². The first-order valence-electron chi connectivity index (χ1n) is 3.94. The van der Waals surface area contributed by atoms with Crippen LogP contribution in [0.3, 0.4) is 0 Å². The van der Waals surface area contributed by atoms with Crippen molar-refractivity contribution in [3.05, 3.63) is 34.6 Å². The van der Waals surface area contributed by atoms with Gasteiger partial charge in [0.2, 0.25) is 11.8 Å². The van der Waals surface area contributed by atoms with E-state index in [-0.39, 0.29) is 5.88 Å². The summed E-state index contributed by atoms with van der Waals surface area (Å²) in [5.41, 5.74) is 0.872. The topological polar surface area (TPSA) is 38.9 Å². The molecule has 2 rings (SSSR count). The first-order chi connectivity index (χ1) is 6.81. The van der Waals surface area contributed by atoms with Crippen molar-refractivity contribution in [3.8, 4) is 11.5 Å². The van der Waals surface area contributed by atoms with E-state index in [1.807, 2.05) is 24.3 Å². The lowest BCUT2D eigenvalue weighted by Gasteiger charge is -1.96. The SMILES string of the molecule is ClCc1nnc(-c2ccccc2Br)o1. The third-order valence-corrected chi connectivity index (χ3v) is 2.61. The summed E-state index contributed by atoms with van der Waals surface area (Å²) >= 11 is 8.96. The molecule has 72 valence electrons. The van der Waals surface area contributed by atoms with Crippen molar-refractivity contribution in [2.45, 2.75) is 5.88 Å². The number of hydrogen-bond acceptors (Lipinski definition) is 3. The maximum Gasteiger partial charge on any atom is 0.248 e. The first kappa shape index (κ1) is 9.68. The molecule has 1 aromatic heterocycles. The molecule has 0 radical (unpaired) electrons. The Morgan fingerprint density at radius 3 is 2.71 bits per heavy atom. The molecule has 0 bridgehead atoms. The maximum absolute atomic E-state index is 5.56. The van der Waals surface area contributed by atoms with Crippen LogP contribution in [0.2, 0.25) is 0 Å². The summed E-state index contributed by atoms with van der Waals surface area (Å²) in [4.78, 5) is 0. The van der Waals surface area contributed by atoms with E-state index in [1.165, 1.54) is 0 Å². The lowest BCUT2D eigenvalue weighted by molar-refractivity contribution is 0.527. The van der Waals surface area contributed by atoms with Crippen LogP contribution in [-0.4, -0.2) is 10.2 Å². The van der Waals surface area contributed by atoms with Gasteiger partial charge in [0, 0.05) is 4.47 Å². The van der Waals surface area contributed by atoms with Gasteiger partial charge in [-0.05, 0) is 28.1 Å². The van der Waals surface area contributed by atoms with Crippen molar-refractivity contribution < 1.29 is 4.42 Å². The molecular weight excluding hydrogens is 267 g/mol. The highest BCUT2D eigenvalue weighted by atomic mass is 79.9. The van der Waals surface area contributed by atoms with Gasteiger partial charge in [-0.25, -0.2) is 0 Å². The summed E-state index contributed by atoms with van der Waals surface area (Å²) < 4.78 is 6.24. The number of halogens is 2. The Morgan fingerprint density at radius 1 is 1.29 bits per heavy atom.